The summed E-state index contributed by atoms with van der Waals surface area (Å²) in [5.74, 6) is -1.34. The number of carbonyl (C=O) groups excluding carboxylic acids is 4. The SMILES string of the molecule is O=C1CCC(N2C(=O)c3cccc(CN4CCOC(C5CCNCC5)C4)c3C2=O)C(=O)N1. The third-order valence-corrected chi connectivity index (χ3v) is 7.04. The second-order valence-corrected chi connectivity index (χ2v) is 9.02. The van der Waals surface area contributed by atoms with E-state index < -0.39 is 23.8 Å². The van der Waals surface area contributed by atoms with Crippen LogP contribution in [0.15, 0.2) is 18.2 Å². The molecule has 4 heterocycles. The van der Waals surface area contributed by atoms with Crippen LogP contribution in [0.5, 0.6) is 0 Å². The highest BCUT2D eigenvalue weighted by atomic mass is 16.5. The first kappa shape index (κ1) is 21.2. The van der Waals surface area contributed by atoms with Crippen molar-refractivity contribution >= 4 is 23.6 Å². The molecule has 3 saturated heterocycles. The van der Waals surface area contributed by atoms with E-state index in [2.05, 4.69) is 15.5 Å². The van der Waals surface area contributed by atoms with Crippen LogP contribution in [0.4, 0.5) is 0 Å². The molecule has 0 aromatic heterocycles. The summed E-state index contributed by atoms with van der Waals surface area (Å²) in [6.07, 6.45) is 2.66. The molecule has 2 atom stereocenters. The van der Waals surface area contributed by atoms with Crippen molar-refractivity contribution < 1.29 is 23.9 Å². The Morgan fingerprint density at radius 1 is 1.03 bits per heavy atom. The number of fused-ring (bicyclic) bond motifs is 1. The van der Waals surface area contributed by atoms with E-state index in [-0.39, 0.29) is 24.9 Å². The highest BCUT2D eigenvalue weighted by Crippen LogP contribution is 2.31. The van der Waals surface area contributed by atoms with Gasteiger partial charge in [-0.15, -0.1) is 0 Å². The van der Waals surface area contributed by atoms with Crippen molar-refractivity contribution in [3.63, 3.8) is 0 Å². The summed E-state index contributed by atoms with van der Waals surface area (Å²) in [6, 6.07) is 4.37. The van der Waals surface area contributed by atoms with Gasteiger partial charge in [-0.3, -0.25) is 34.3 Å². The molecule has 0 spiro atoms. The summed E-state index contributed by atoms with van der Waals surface area (Å²) in [6.45, 7) is 4.81. The Morgan fingerprint density at radius 3 is 2.62 bits per heavy atom. The molecule has 2 N–H and O–H groups in total. The van der Waals surface area contributed by atoms with Crippen molar-refractivity contribution in [1.82, 2.24) is 20.4 Å². The van der Waals surface area contributed by atoms with E-state index >= 15 is 0 Å². The number of carbonyl (C=O) groups is 4. The first-order valence-corrected chi connectivity index (χ1v) is 11.4. The fourth-order valence-corrected chi connectivity index (χ4v) is 5.33. The van der Waals surface area contributed by atoms with Crippen LogP contribution in [0, 0.1) is 5.92 Å². The van der Waals surface area contributed by atoms with Crippen molar-refractivity contribution in [3.8, 4) is 0 Å². The Hall–Kier alpha value is -2.62. The number of nitrogens with zero attached hydrogens (tertiary/aromatic N) is 2. The molecule has 1 aromatic rings. The topological polar surface area (TPSA) is 108 Å². The highest BCUT2D eigenvalue weighted by Gasteiger charge is 2.45. The average Bonchev–Trinajstić information content (AvgIpc) is 3.06. The number of imide groups is 2. The van der Waals surface area contributed by atoms with Gasteiger partial charge in [0.2, 0.25) is 11.8 Å². The van der Waals surface area contributed by atoms with E-state index in [1.165, 1.54) is 0 Å². The molecule has 0 aliphatic carbocycles. The Labute approximate surface area is 186 Å². The molecule has 0 bridgehead atoms. The maximum absolute atomic E-state index is 13.3. The molecule has 4 amide bonds. The minimum Gasteiger partial charge on any atom is -0.375 e. The van der Waals surface area contributed by atoms with E-state index in [4.69, 9.17) is 4.74 Å². The number of nitrogens with one attached hydrogen (secondary N) is 2. The van der Waals surface area contributed by atoms with Gasteiger partial charge in [-0.2, -0.15) is 0 Å². The lowest BCUT2D eigenvalue weighted by Gasteiger charge is -2.38. The van der Waals surface area contributed by atoms with Crippen LogP contribution in [-0.4, -0.2) is 78.4 Å². The van der Waals surface area contributed by atoms with Gasteiger partial charge in [0, 0.05) is 26.1 Å². The van der Waals surface area contributed by atoms with Crippen molar-refractivity contribution in [2.24, 2.45) is 5.92 Å². The lowest BCUT2D eigenvalue weighted by Crippen LogP contribution is -2.54. The Morgan fingerprint density at radius 2 is 1.84 bits per heavy atom. The van der Waals surface area contributed by atoms with Crippen LogP contribution in [0.1, 0.15) is 52.0 Å². The van der Waals surface area contributed by atoms with Gasteiger partial charge in [-0.1, -0.05) is 12.1 Å². The molecular weight excluding hydrogens is 412 g/mol. The van der Waals surface area contributed by atoms with Crippen molar-refractivity contribution in [3.05, 3.63) is 34.9 Å². The van der Waals surface area contributed by atoms with Gasteiger partial charge >= 0.3 is 0 Å². The predicted molar refractivity (Wildman–Crippen MR) is 114 cm³/mol. The monoisotopic (exact) mass is 440 g/mol. The number of ether oxygens (including phenoxy) is 1. The molecule has 4 aliphatic heterocycles. The number of rotatable bonds is 4. The van der Waals surface area contributed by atoms with Gasteiger partial charge < -0.3 is 10.1 Å². The Kier molecular flexibility index (Phi) is 5.79. The first-order chi connectivity index (χ1) is 15.5. The molecule has 32 heavy (non-hydrogen) atoms. The van der Waals surface area contributed by atoms with Crippen LogP contribution < -0.4 is 10.6 Å². The quantitative estimate of drug-likeness (QED) is 0.648. The van der Waals surface area contributed by atoms with Gasteiger partial charge in [0.05, 0.1) is 23.8 Å². The maximum atomic E-state index is 13.3. The van der Waals surface area contributed by atoms with Crippen LogP contribution in [-0.2, 0) is 20.9 Å². The Balaban J connectivity index is 1.34. The zero-order chi connectivity index (χ0) is 22.2. The molecule has 170 valence electrons. The zero-order valence-corrected chi connectivity index (χ0v) is 18.0. The van der Waals surface area contributed by atoms with E-state index in [9.17, 15) is 19.2 Å². The number of hydrogen-bond acceptors (Lipinski definition) is 7. The fourth-order valence-electron chi connectivity index (χ4n) is 5.33. The number of amides is 4. The highest BCUT2D eigenvalue weighted by molar-refractivity contribution is 6.24. The lowest BCUT2D eigenvalue weighted by atomic mass is 9.91. The molecule has 0 radical (unpaired) electrons. The van der Waals surface area contributed by atoms with Gasteiger partial charge in [-0.25, -0.2) is 0 Å². The van der Waals surface area contributed by atoms with Crippen LogP contribution in [0.2, 0.25) is 0 Å². The third-order valence-electron chi connectivity index (χ3n) is 7.04. The first-order valence-electron chi connectivity index (χ1n) is 11.4. The minimum atomic E-state index is -0.944. The predicted octanol–water partition coefficient (Wildman–Crippen LogP) is 0.288. The molecule has 9 heteroatoms. The summed E-state index contributed by atoms with van der Waals surface area (Å²) in [7, 11) is 0. The van der Waals surface area contributed by atoms with Gasteiger partial charge in [0.25, 0.3) is 11.8 Å². The van der Waals surface area contributed by atoms with Gasteiger partial charge in [-0.05, 0) is 49.9 Å². The number of benzene rings is 1. The maximum Gasteiger partial charge on any atom is 0.262 e. The minimum absolute atomic E-state index is 0.114. The molecule has 1 aromatic carbocycles. The lowest BCUT2D eigenvalue weighted by molar-refractivity contribution is -0.136. The molecule has 9 nitrogen and oxygen atoms in total. The molecule has 3 fully saturated rings. The largest absolute Gasteiger partial charge is 0.375 e. The van der Waals surface area contributed by atoms with E-state index in [1.807, 2.05) is 6.07 Å². The summed E-state index contributed by atoms with van der Waals surface area (Å²) in [4.78, 5) is 53.5. The summed E-state index contributed by atoms with van der Waals surface area (Å²) < 4.78 is 6.06. The van der Waals surface area contributed by atoms with Crippen molar-refractivity contribution in [1.29, 1.82) is 0 Å². The molecule has 0 saturated carbocycles. The van der Waals surface area contributed by atoms with Crippen molar-refractivity contribution in [2.75, 3.05) is 32.8 Å². The third kappa shape index (κ3) is 3.85. The standard InChI is InChI=1S/C23H28N4O5/c28-19-5-4-17(21(29)25-19)27-22(30)16-3-1-2-15(20(16)23(27)31)12-26-10-11-32-18(13-26)14-6-8-24-9-7-14/h1-3,14,17-18,24H,4-13H2,(H,25,28,29). The van der Waals surface area contributed by atoms with Crippen LogP contribution in [0.3, 0.4) is 0 Å². The number of morpholine rings is 1. The van der Waals surface area contributed by atoms with Crippen LogP contribution in [0.25, 0.3) is 0 Å². The zero-order valence-electron chi connectivity index (χ0n) is 18.0. The Bertz CT molecular complexity index is 958. The van der Waals surface area contributed by atoms with Crippen LogP contribution >= 0.6 is 0 Å². The van der Waals surface area contributed by atoms with Gasteiger partial charge in [0.1, 0.15) is 6.04 Å². The molecule has 5 rings (SSSR count). The molecular formula is C23H28N4O5. The fraction of sp³-hybridized carbons (Fsp3) is 0.565. The van der Waals surface area contributed by atoms with Crippen molar-refractivity contribution in [2.45, 2.75) is 44.4 Å². The second-order valence-electron chi connectivity index (χ2n) is 9.02. The van der Waals surface area contributed by atoms with E-state index in [0.29, 0.717) is 30.2 Å². The smallest absolute Gasteiger partial charge is 0.262 e. The number of hydrogen-bond donors (Lipinski definition) is 2. The second kappa shape index (κ2) is 8.73. The summed E-state index contributed by atoms with van der Waals surface area (Å²) in [5, 5.41) is 5.63. The molecule has 4 aliphatic rings. The number of piperidine rings is 2. The van der Waals surface area contributed by atoms with E-state index in [1.54, 1.807) is 12.1 Å². The van der Waals surface area contributed by atoms with Gasteiger partial charge in [0.15, 0.2) is 0 Å². The summed E-state index contributed by atoms with van der Waals surface area (Å²) in [5.41, 5.74) is 1.51. The summed E-state index contributed by atoms with van der Waals surface area (Å²) >= 11 is 0. The van der Waals surface area contributed by atoms with E-state index in [0.717, 1.165) is 49.5 Å². The molecule has 2 unspecified atom stereocenters. The average molecular weight is 441 g/mol. The normalized spacial score (nSPS) is 27.6.